The SMILES string of the molecule is Cc1ncc(OCC2CN(C(=O)CC#N)C2)c(N[C@H](C)c2cccc(C(F)F)c2F)n1. The van der Waals surface area contributed by atoms with Crippen molar-refractivity contribution in [3.05, 3.63) is 47.2 Å². The predicted molar refractivity (Wildman–Crippen MR) is 106 cm³/mol. The highest BCUT2D eigenvalue weighted by atomic mass is 19.3. The van der Waals surface area contributed by atoms with Crippen LogP contribution >= 0.6 is 0 Å². The molecule has 0 spiro atoms. The van der Waals surface area contributed by atoms with Crippen molar-refractivity contribution in [1.29, 1.82) is 5.26 Å². The van der Waals surface area contributed by atoms with Gasteiger partial charge in [0.15, 0.2) is 11.6 Å². The quantitative estimate of drug-likeness (QED) is 0.681. The average Bonchev–Trinajstić information content (AvgIpc) is 2.68. The van der Waals surface area contributed by atoms with Crippen LogP contribution in [0, 0.1) is 30.0 Å². The molecule has 1 saturated heterocycles. The number of hydrogen-bond acceptors (Lipinski definition) is 6. The van der Waals surface area contributed by atoms with Crippen LogP contribution in [0.3, 0.4) is 0 Å². The van der Waals surface area contributed by atoms with E-state index in [1.165, 1.54) is 18.3 Å². The Morgan fingerprint density at radius 2 is 2.10 bits per heavy atom. The molecule has 0 unspecified atom stereocenters. The first kappa shape index (κ1) is 22.3. The van der Waals surface area contributed by atoms with Crippen LogP contribution in [0.15, 0.2) is 24.4 Å². The number of aromatic nitrogens is 2. The molecule has 1 aliphatic heterocycles. The highest BCUT2D eigenvalue weighted by Gasteiger charge is 2.31. The lowest BCUT2D eigenvalue weighted by atomic mass is 10.0. The summed E-state index contributed by atoms with van der Waals surface area (Å²) in [7, 11) is 0. The maximum atomic E-state index is 14.5. The number of benzene rings is 1. The van der Waals surface area contributed by atoms with E-state index >= 15 is 0 Å². The molecule has 31 heavy (non-hydrogen) atoms. The third-order valence-electron chi connectivity index (χ3n) is 5.00. The number of aryl methyl sites for hydroxylation is 1. The molecule has 1 fully saturated rings. The van der Waals surface area contributed by atoms with E-state index in [0.717, 1.165) is 6.07 Å². The average molecular weight is 433 g/mol. The molecule has 10 heteroatoms. The highest BCUT2D eigenvalue weighted by Crippen LogP contribution is 2.31. The van der Waals surface area contributed by atoms with Crippen molar-refractivity contribution in [2.24, 2.45) is 5.92 Å². The summed E-state index contributed by atoms with van der Waals surface area (Å²) in [5, 5.41) is 11.6. The van der Waals surface area contributed by atoms with Gasteiger partial charge in [-0.05, 0) is 13.8 Å². The third-order valence-corrected chi connectivity index (χ3v) is 5.00. The van der Waals surface area contributed by atoms with E-state index in [-0.39, 0.29) is 23.8 Å². The molecule has 3 rings (SSSR count). The summed E-state index contributed by atoms with van der Waals surface area (Å²) in [6.45, 7) is 4.62. The molecule has 164 valence electrons. The summed E-state index contributed by atoms with van der Waals surface area (Å²) in [6.07, 6.45) is -1.57. The number of nitrogens with one attached hydrogen (secondary N) is 1. The highest BCUT2D eigenvalue weighted by molar-refractivity contribution is 5.79. The number of anilines is 1. The van der Waals surface area contributed by atoms with E-state index in [1.807, 2.05) is 6.07 Å². The van der Waals surface area contributed by atoms with Gasteiger partial charge in [0, 0.05) is 24.6 Å². The molecule has 1 aliphatic rings. The van der Waals surface area contributed by atoms with Gasteiger partial charge in [-0.25, -0.2) is 23.1 Å². The fraction of sp³-hybridized carbons (Fsp3) is 0.429. The number of nitriles is 1. The van der Waals surface area contributed by atoms with E-state index in [9.17, 15) is 18.0 Å². The van der Waals surface area contributed by atoms with E-state index in [4.69, 9.17) is 10.00 Å². The second kappa shape index (κ2) is 9.64. The summed E-state index contributed by atoms with van der Waals surface area (Å²) in [6, 6.07) is 5.06. The normalized spacial score (nSPS) is 14.7. The largest absolute Gasteiger partial charge is 0.488 e. The number of ether oxygens (including phenoxy) is 1. The van der Waals surface area contributed by atoms with E-state index in [1.54, 1.807) is 18.7 Å². The topological polar surface area (TPSA) is 91.1 Å². The zero-order valence-corrected chi connectivity index (χ0v) is 17.1. The number of alkyl halides is 2. The Hall–Kier alpha value is -3.35. The van der Waals surface area contributed by atoms with Crippen molar-refractivity contribution in [1.82, 2.24) is 14.9 Å². The number of nitrogens with zero attached hydrogens (tertiary/aromatic N) is 4. The van der Waals surface area contributed by atoms with Crippen LogP contribution in [0.5, 0.6) is 5.75 Å². The summed E-state index contributed by atoms with van der Waals surface area (Å²) < 4.78 is 46.3. The van der Waals surface area contributed by atoms with Crippen LogP contribution in [-0.2, 0) is 4.79 Å². The van der Waals surface area contributed by atoms with Gasteiger partial charge in [0.25, 0.3) is 6.43 Å². The maximum Gasteiger partial charge on any atom is 0.266 e. The minimum Gasteiger partial charge on any atom is -0.488 e. The molecule has 1 amide bonds. The van der Waals surface area contributed by atoms with Crippen LogP contribution in [0.1, 0.15) is 42.8 Å². The van der Waals surface area contributed by atoms with Crippen LogP contribution in [0.25, 0.3) is 0 Å². The minimum atomic E-state index is -2.91. The smallest absolute Gasteiger partial charge is 0.266 e. The Balaban J connectivity index is 1.66. The van der Waals surface area contributed by atoms with E-state index < -0.39 is 23.8 Å². The molecule has 2 heterocycles. The molecule has 0 radical (unpaired) electrons. The van der Waals surface area contributed by atoms with Crippen molar-refractivity contribution in [2.45, 2.75) is 32.7 Å². The molecule has 7 nitrogen and oxygen atoms in total. The zero-order valence-electron chi connectivity index (χ0n) is 17.1. The van der Waals surface area contributed by atoms with Crippen molar-refractivity contribution in [3.63, 3.8) is 0 Å². The van der Waals surface area contributed by atoms with Crippen molar-refractivity contribution >= 4 is 11.7 Å². The molecule has 1 atom stereocenters. The Kier molecular flexibility index (Phi) is 6.95. The Labute approximate surface area is 177 Å². The van der Waals surface area contributed by atoms with Gasteiger partial charge in [-0.1, -0.05) is 18.2 Å². The molecule has 1 aromatic carbocycles. The van der Waals surface area contributed by atoms with Gasteiger partial charge in [-0.15, -0.1) is 0 Å². The van der Waals surface area contributed by atoms with Gasteiger partial charge in [0.2, 0.25) is 5.91 Å². The third kappa shape index (κ3) is 5.23. The van der Waals surface area contributed by atoms with E-state index in [2.05, 4.69) is 15.3 Å². The maximum absolute atomic E-state index is 14.5. The Morgan fingerprint density at radius 3 is 2.77 bits per heavy atom. The van der Waals surface area contributed by atoms with Gasteiger partial charge in [0.05, 0.1) is 30.5 Å². The number of amides is 1. The Bertz CT molecular complexity index is 989. The molecule has 1 aromatic heterocycles. The molecule has 0 bridgehead atoms. The molecule has 0 saturated carbocycles. The molecular formula is C21H22F3N5O2. The standard InChI is InChI=1S/C21H22F3N5O2/c1-12(15-4-3-5-16(19(15)22)20(23)24)27-21-17(8-26-13(2)28-21)31-11-14-9-29(10-14)18(30)6-7-25/h3-5,8,12,14,20H,6,9-11H2,1-2H3,(H,26,27,28)/t12-/m1/s1. The molecule has 2 aromatic rings. The predicted octanol–water partition coefficient (Wildman–Crippen LogP) is 3.79. The van der Waals surface area contributed by atoms with Gasteiger partial charge in [0.1, 0.15) is 18.1 Å². The lowest BCUT2D eigenvalue weighted by Gasteiger charge is -2.38. The molecule has 0 aliphatic carbocycles. The van der Waals surface area contributed by atoms with Crippen LogP contribution in [-0.4, -0.2) is 40.5 Å². The van der Waals surface area contributed by atoms with Crippen molar-refractivity contribution in [2.75, 3.05) is 25.0 Å². The fourth-order valence-electron chi connectivity index (χ4n) is 3.29. The Morgan fingerprint density at radius 1 is 1.39 bits per heavy atom. The lowest BCUT2D eigenvalue weighted by Crippen LogP contribution is -2.51. The monoisotopic (exact) mass is 433 g/mol. The zero-order chi connectivity index (χ0) is 22.5. The number of halogens is 3. The summed E-state index contributed by atoms with van der Waals surface area (Å²) in [5.74, 6) is 0.0578. The van der Waals surface area contributed by atoms with E-state index in [0.29, 0.717) is 37.1 Å². The lowest BCUT2D eigenvalue weighted by molar-refractivity contribution is -0.137. The molecular weight excluding hydrogens is 411 g/mol. The second-order valence-corrected chi connectivity index (χ2v) is 7.36. The number of likely N-dealkylation sites (tertiary alicyclic amines) is 1. The molecule has 1 N–H and O–H groups in total. The van der Waals surface area contributed by atoms with Crippen LogP contribution in [0.4, 0.5) is 19.0 Å². The first-order valence-electron chi connectivity index (χ1n) is 9.74. The number of carbonyl (C=O) groups is 1. The number of rotatable bonds is 8. The number of hydrogen-bond donors (Lipinski definition) is 1. The fourth-order valence-corrected chi connectivity index (χ4v) is 3.29. The number of carbonyl (C=O) groups excluding carboxylic acids is 1. The van der Waals surface area contributed by atoms with Crippen molar-refractivity contribution < 1.29 is 22.7 Å². The van der Waals surface area contributed by atoms with Gasteiger partial charge < -0.3 is 15.0 Å². The van der Waals surface area contributed by atoms with Crippen LogP contribution in [0.2, 0.25) is 0 Å². The first-order chi connectivity index (χ1) is 14.8. The van der Waals surface area contributed by atoms with Gasteiger partial charge in [-0.3, -0.25) is 4.79 Å². The van der Waals surface area contributed by atoms with Gasteiger partial charge >= 0.3 is 0 Å². The summed E-state index contributed by atoms with van der Waals surface area (Å²) in [5.41, 5.74) is -0.562. The summed E-state index contributed by atoms with van der Waals surface area (Å²) in [4.78, 5) is 21.6. The summed E-state index contributed by atoms with van der Waals surface area (Å²) >= 11 is 0. The van der Waals surface area contributed by atoms with Crippen molar-refractivity contribution in [3.8, 4) is 11.8 Å². The first-order valence-corrected chi connectivity index (χ1v) is 9.74. The minimum absolute atomic E-state index is 0.0886. The van der Waals surface area contributed by atoms with Gasteiger partial charge in [-0.2, -0.15) is 5.26 Å². The van der Waals surface area contributed by atoms with Crippen LogP contribution < -0.4 is 10.1 Å². The second-order valence-electron chi connectivity index (χ2n) is 7.36.